The molecule has 1 N–H and O–H groups in total. The van der Waals surface area contributed by atoms with E-state index in [9.17, 15) is 0 Å². The Morgan fingerprint density at radius 1 is 0.413 bits per heavy atom. The third-order valence-corrected chi connectivity index (χ3v) is 12.1. The van der Waals surface area contributed by atoms with E-state index in [1.165, 1.54) is 38.6 Å². The average Bonchev–Trinajstić information content (AvgIpc) is 3.68. The van der Waals surface area contributed by atoms with Gasteiger partial charge in [-0.25, -0.2) is 0 Å². The molecule has 298 valence electrons. The smallest absolute Gasteiger partial charge is 0.0547 e. The van der Waals surface area contributed by atoms with Crippen molar-refractivity contribution in [1.82, 2.24) is 4.57 Å². The number of para-hydroxylation sites is 3. The SMILES string of the molecule is C=C1/C=C(c2ccc3c(c2)c2c(-c4ccccc4Nc4ccccc4)cccc2n3-c2ccc(-c3ccccc3)cc2)\C=C/N(c2ccc(-c3ccccc3)cc2)c2ccccc21. The first-order valence-electron chi connectivity index (χ1n) is 21.4. The van der Waals surface area contributed by atoms with Crippen LogP contribution in [0.5, 0.6) is 0 Å². The van der Waals surface area contributed by atoms with Gasteiger partial charge in [-0.1, -0.05) is 164 Å². The maximum Gasteiger partial charge on any atom is 0.0547 e. The van der Waals surface area contributed by atoms with Gasteiger partial charge in [-0.2, -0.15) is 0 Å². The largest absolute Gasteiger partial charge is 0.355 e. The molecule has 3 heteroatoms. The van der Waals surface area contributed by atoms with Crippen molar-refractivity contribution in [3.05, 3.63) is 261 Å². The molecule has 0 fully saturated rings. The summed E-state index contributed by atoms with van der Waals surface area (Å²) in [6, 6.07) is 80.1. The van der Waals surface area contributed by atoms with Gasteiger partial charge in [0.15, 0.2) is 0 Å². The summed E-state index contributed by atoms with van der Waals surface area (Å²) in [5.41, 5.74) is 19.0. The second-order valence-electron chi connectivity index (χ2n) is 16.0. The third kappa shape index (κ3) is 7.12. The van der Waals surface area contributed by atoms with Gasteiger partial charge in [0.25, 0.3) is 0 Å². The summed E-state index contributed by atoms with van der Waals surface area (Å²) in [5, 5.41) is 6.10. The summed E-state index contributed by atoms with van der Waals surface area (Å²) in [6.07, 6.45) is 6.66. The van der Waals surface area contributed by atoms with Crippen LogP contribution in [0.1, 0.15) is 11.1 Å². The molecule has 3 nitrogen and oxygen atoms in total. The zero-order chi connectivity index (χ0) is 42.1. The molecule has 0 unspecified atom stereocenters. The molecule has 0 bridgehead atoms. The fourth-order valence-corrected chi connectivity index (χ4v) is 9.04. The molecular formula is C60H43N3. The Morgan fingerprint density at radius 3 is 1.67 bits per heavy atom. The number of hydrogen-bond acceptors (Lipinski definition) is 2. The first-order valence-corrected chi connectivity index (χ1v) is 21.4. The number of benzene rings is 9. The standard InChI is InChI=1S/C60H43N3/c1-42-40-48(38-39-62(57-26-14-12-22-52(42)57)50-33-28-45(29-34-50)43-16-5-2-6-17-43)47-32-37-58-55(41-47)60-54(53-23-11-13-25-56(53)61-49-20-9-4-10-21-49)24-15-27-59(60)63(58)51-35-30-46(31-36-51)44-18-7-3-8-19-44/h2-41,61H,1H2/b39-38-,48-40+. The Balaban J connectivity index is 1.07. The molecule has 0 radical (unpaired) electrons. The van der Waals surface area contributed by atoms with Gasteiger partial charge in [0.2, 0.25) is 0 Å². The molecule has 0 amide bonds. The molecule has 1 aliphatic rings. The quantitative estimate of drug-likeness (QED) is 0.165. The van der Waals surface area contributed by atoms with Crippen LogP contribution in [0.15, 0.2) is 249 Å². The van der Waals surface area contributed by atoms with Crippen LogP contribution in [0, 0.1) is 0 Å². The number of rotatable bonds is 8. The molecule has 0 saturated heterocycles. The highest BCUT2D eigenvalue weighted by atomic mass is 15.1. The van der Waals surface area contributed by atoms with Crippen molar-refractivity contribution in [3.63, 3.8) is 0 Å². The maximum absolute atomic E-state index is 4.65. The monoisotopic (exact) mass is 805 g/mol. The summed E-state index contributed by atoms with van der Waals surface area (Å²) in [7, 11) is 0. The fourth-order valence-electron chi connectivity index (χ4n) is 9.04. The lowest BCUT2D eigenvalue weighted by Gasteiger charge is -2.26. The normalized spacial score (nSPS) is 13.8. The summed E-state index contributed by atoms with van der Waals surface area (Å²) in [5.74, 6) is 0. The molecule has 0 spiro atoms. The Bertz CT molecular complexity index is 3340. The van der Waals surface area contributed by atoms with E-state index in [-0.39, 0.29) is 0 Å². The molecule has 0 atom stereocenters. The van der Waals surface area contributed by atoms with E-state index < -0.39 is 0 Å². The topological polar surface area (TPSA) is 20.2 Å². The second-order valence-corrected chi connectivity index (χ2v) is 16.0. The van der Waals surface area contributed by atoms with Crippen LogP contribution >= 0.6 is 0 Å². The number of anilines is 4. The zero-order valence-electron chi connectivity index (χ0n) is 34.7. The van der Waals surface area contributed by atoms with E-state index in [0.717, 1.165) is 67.3 Å². The highest BCUT2D eigenvalue weighted by Crippen LogP contribution is 2.43. The van der Waals surface area contributed by atoms with Crippen molar-refractivity contribution in [1.29, 1.82) is 0 Å². The number of nitrogens with one attached hydrogen (secondary N) is 1. The molecule has 0 saturated carbocycles. The Kier molecular flexibility index (Phi) is 9.68. The van der Waals surface area contributed by atoms with Crippen LogP contribution in [-0.2, 0) is 0 Å². The predicted molar refractivity (Wildman–Crippen MR) is 268 cm³/mol. The zero-order valence-corrected chi connectivity index (χ0v) is 34.7. The van der Waals surface area contributed by atoms with Gasteiger partial charge < -0.3 is 14.8 Å². The fraction of sp³-hybridized carbons (Fsp3) is 0. The van der Waals surface area contributed by atoms with Gasteiger partial charge in [-0.05, 0) is 123 Å². The van der Waals surface area contributed by atoms with Crippen molar-refractivity contribution in [3.8, 4) is 39.1 Å². The van der Waals surface area contributed by atoms with Gasteiger partial charge in [-0.3, -0.25) is 0 Å². The summed E-state index contributed by atoms with van der Waals surface area (Å²) < 4.78 is 2.42. The molecule has 1 aliphatic heterocycles. The lowest BCUT2D eigenvalue weighted by atomic mass is 9.94. The minimum absolute atomic E-state index is 0.957. The van der Waals surface area contributed by atoms with Gasteiger partial charge in [-0.15, -0.1) is 0 Å². The number of hydrogen-bond donors (Lipinski definition) is 1. The molecule has 63 heavy (non-hydrogen) atoms. The highest BCUT2D eigenvalue weighted by molar-refractivity contribution is 6.17. The molecule has 9 aromatic carbocycles. The van der Waals surface area contributed by atoms with Crippen LogP contribution in [0.4, 0.5) is 22.7 Å². The van der Waals surface area contributed by atoms with Gasteiger partial charge >= 0.3 is 0 Å². The van der Waals surface area contributed by atoms with E-state index >= 15 is 0 Å². The molecule has 1 aromatic heterocycles. The highest BCUT2D eigenvalue weighted by Gasteiger charge is 2.21. The van der Waals surface area contributed by atoms with Crippen molar-refractivity contribution < 1.29 is 0 Å². The lowest BCUT2D eigenvalue weighted by molar-refractivity contribution is 1.18. The minimum atomic E-state index is 0.957. The molecule has 0 aliphatic carbocycles. The van der Waals surface area contributed by atoms with E-state index in [2.05, 4.69) is 258 Å². The van der Waals surface area contributed by atoms with E-state index in [0.29, 0.717) is 0 Å². The Morgan fingerprint density at radius 2 is 0.968 bits per heavy atom. The average molecular weight is 806 g/mol. The van der Waals surface area contributed by atoms with Crippen molar-refractivity contribution in [2.45, 2.75) is 0 Å². The predicted octanol–water partition coefficient (Wildman–Crippen LogP) is 16.3. The summed E-state index contributed by atoms with van der Waals surface area (Å²) in [6.45, 7) is 4.65. The summed E-state index contributed by atoms with van der Waals surface area (Å²) in [4.78, 5) is 2.28. The number of aromatic nitrogens is 1. The molecule has 10 aromatic rings. The van der Waals surface area contributed by atoms with Gasteiger partial charge in [0.1, 0.15) is 0 Å². The number of fused-ring (bicyclic) bond motifs is 4. The van der Waals surface area contributed by atoms with Gasteiger partial charge in [0.05, 0.1) is 16.7 Å². The molecule has 2 heterocycles. The Labute approximate surface area is 368 Å². The van der Waals surface area contributed by atoms with E-state index in [1.807, 2.05) is 6.07 Å². The molecule has 11 rings (SSSR count). The first-order chi connectivity index (χ1) is 31.2. The van der Waals surface area contributed by atoms with Crippen LogP contribution in [0.25, 0.3) is 72.0 Å². The van der Waals surface area contributed by atoms with Crippen molar-refractivity contribution in [2.24, 2.45) is 0 Å². The second kappa shape index (κ2) is 16.2. The van der Waals surface area contributed by atoms with Crippen LogP contribution < -0.4 is 10.2 Å². The third-order valence-electron chi connectivity index (χ3n) is 12.1. The summed E-state index contributed by atoms with van der Waals surface area (Å²) >= 11 is 0. The Hall–Kier alpha value is -8.40. The maximum atomic E-state index is 4.65. The van der Waals surface area contributed by atoms with Crippen LogP contribution in [0.3, 0.4) is 0 Å². The van der Waals surface area contributed by atoms with Crippen LogP contribution in [-0.4, -0.2) is 4.57 Å². The molecular weight excluding hydrogens is 763 g/mol. The minimum Gasteiger partial charge on any atom is -0.355 e. The van der Waals surface area contributed by atoms with Gasteiger partial charge in [0, 0.05) is 50.8 Å². The first kappa shape index (κ1) is 37.6. The lowest BCUT2D eigenvalue weighted by Crippen LogP contribution is -2.11. The van der Waals surface area contributed by atoms with Crippen LogP contribution in [0.2, 0.25) is 0 Å². The van der Waals surface area contributed by atoms with Crippen molar-refractivity contribution in [2.75, 3.05) is 10.2 Å². The number of nitrogens with zero attached hydrogens (tertiary/aromatic N) is 2. The van der Waals surface area contributed by atoms with E-state index in [4.69, 9.17) is 0 Å². The number of allylic oxidation sites excluding steroid dienone is 4. The van der Waals surface area contributed by atoms with E-state index in [1.54, 1.807) is 0 Å². The van der Waals surface area contributed by atoms with Crippen molar-refractivity contribution >= 4 is 55.7 Å².